The van der Waals surface area contributed by atoms with Crippen LogP contribution in [0.2, 0.25) is 0 Å². The molecule has 5 nitrogen and oxygen atoms in total. The van der Waals surface area contributed by atoms with Crippen molar-refractivity contribution in [1.82, 2.24) is 9.97 Å². The van der Waals surface area contributed by atoms with Crippen LogP contribution in [0.15, 0.2) is 24.4 Å². The molecule has 1 aromatic carbocycles. The highest BCUT2D eigenvalue weighted by molar-refractivity contribution is 5.76. The average Bonchev–Trinajstić information content (AvgIpc) is 3.17. The summed E-state index contributed by atoms with van der Waals surface area (Å²) in [6.45, 7) is 2.21. The van der Waals surface area contributed by atoms with Crippen molar-refractivity contribution in [3.63, 3.8) is 0 Å². The van der Waals surface area contributed by atoms with Crippen molar-refractivity contribution in [2.45, 2.75) is 38.6 Å². The largest absolute Gasteiger partial charge is 0.454 e. The minimum absolute atomic E-state index is 0.288. The van der Waals surface area contributed by atoms with Gasteiger partial charge in [-0.1, -0.05) is 18.9 Å². The third-order valence-electron chi connectivity index (χ3n) is 4.29. The molecular formula is C17H19N3O2. The number of ether oxygens (including phenoxy) is 2. The Morgan fingerprint density at radius 2 is 1.95 bits per heavy atom. The first-order chi connectivity index (χ1) is 10.8. The first kappa shape index (κ1) is 13.4. The Kier molecular flexibility index (Phi) is 3.33. The van der Waals surface area contributed by atoms with Crippen molar-refractivity contribution >= 4 is 5.82 Å². The lowest BCUT2D eigenvalue weighted by Gasteiger charge is -2.16. The predicted octanol–water partition coefficient (Wildman–Crippen LogP) is 3.54. The number of rotatable bonds is 3. The Bertz CT molecular complexity index is 696. The van der Waals surface area contributed by atoms with E-state index >= 15 is 0 Å². The van der Waals surface area contributed by atoms with Crippen molar-refractivity contribution in [3.8, 4) is 22.6 Å². The predicted molar refractivity (Wildman–Crippen MR) is 84.2 cm³/mol. The molecule has 5 heteroatoms. The third kappa shape index (κ3) is 2.47. The molecule has 0 atom stereocenters. The number of nitrogens with one attached hydrogen (secondary N) is 1. The number of nitrogens with zero attached hydrogens (tertiary/aromatic N) is 2. The second-order valence-corrected chi connectivity index (χ2v) is 5.87. The van der Waals surface area contributed by atoms with E-state index in [1.54, 1.807) is 0 Å². The number of aromatic nitrogens is 2. The van der Waals surface area contributed by atoms with Gasteiger partial charge in [0.1, 0.15) is 11.6 Å². The second-order valence-electron chi connectivity index (χ2n) is 5.87. The van der Waals surface area contributed by atoms with Crippen LogP contribution < -0.4 is 14.8 Å². The number of benzene rings is 1. The highest BCUT2D eigenvalue weighted by Crippen LogP contribution is 2.37. The van der Waals surface area contributed by atoms with E-state index in [9.17, 15) is 0 Å². The van der Waals surface area contributed by atoms with Gasteiger partial charge >= 0.3 is 0 Å². The first-order valence-corrected chi connectivity index (χ1v) is 7.80. The number of aryl methyl sites for hydroxylation is 1. The highest BCUT2D eigenvalue weighted by Gasteiger charge is 2.19. The number of hydrogen-bond acceptors (Lipinski definition) is 5. The summed E-state index contributed by atoms with van der Waals surface area (Å²) in [5.74, 6) is 3.27. The van der Waals surface area contributed by atoms with E-state index in [1.165, 1.54) is 25.7 Å². The van der Waals surface area contributed by atoms with Crippen LogP contribution in [-0.4, -0.2) is 22.8 Å². The summed E-state index contributed by atoms with van der Waals surface area (Å²) in [6.07, 6.45) is 6.90. The summed E-state index contributed by atoms with van der Waals surface area (Å²) < 4.78 is 10.9. The molecule has 2 aromatic rings. The van der Waals surface area contributed by atoms with Crippen molar-refractivity contribution in [2.24, 2.45) is 0 Å². The van der Waals surface area contributed by atoms with Gasteiger partial charge in [0.2, 0.25) is 6.79 Å². The molecule has 114 valence electrons. The maximum atomic E-state index is 5.47. The van der Waals surface area contributed by atoms with Gasteiger partial charge in [-0.25, -0.2) is 9.97 Å². The van der Waals surface area contributed by atoms with Crippen LogP contribution in [0.5, 0.6) is 11.5 Å². The summed E-state index contributed by atoms with van der Waals surface area (Å²) in [7, 11) is 0. The lowest BCUT2D eigenvalue weighted by Crippen LogP contribution is -2.16. The molecule has 1 aliphatic heterocycles. The molecule has 0 bridgehead atoms. The lowest BCUT2D eigenvalue weighted by molar-refractivity contribution is 0.174. The Morgan fingerprint density at radius 3 is 2.82 bits per heavy atom. The molecule has 4 rings (SSSR count). The van der Waals surface area contributed by atoms with E-state index in [1.807, 2.05) is 31.3 Å². The molecule has 0 radical (unpaired) electrons. The van der Waals surface area contributed by atoms with Gasteiger partial charge in [0, 0.05) is 17.8 Å². The van der Waals surface area contributed by atoms with Gasteiger partial charge in [0.25, 0.3) is 0 Å². The zero-order valence-corrected chi connectivity index (χ0v) is 12.6. The normalized spacial score (nSPS) is 17.0. The molecule has 2 heterocycles. The van der Waals surface area contributed by atoms with Crippen LogP contribution in [0.1, 0.15) is 31.5 Å². The zero-order valence-electron chi connectivity index (χ0n) is 12.6. The molecule has 1 saturated carbocycles. The van der Waals surface area contributed by atoms with E-state index in [0.717, 1.165) is 34.3 Å². The first-order valence-electron chi connectivity index (χ1n) is 7.80. The molecule has 1 aliphatic carbocycles. The molecule has 0 spiro atoms. The summed E-state index contributed by atoms with van der Waals surface area (Å²) in [5, 5.41) is 3.59. The lowest BCUT2D eigenvalue weighted by atomic mass is 10.1. The Labute approximate surface area is 129 Å². The van der Waals surface area contributed by atoms with Crippen LogP contribution in [-0.2, 0) is 0 Å². The van der Waals surface area contributed by atoms with Gasteiger partial charge in [-0.05, 0) is 37.5 Å². The monoisotopic (exact) mass is 297 g/mol. The third-order valence-corrected chi connectivity index (χ3v) is 4.29. The minimum atomic E-state index is 0.288. The standard InChI is InChI=1S/C17H19N3O2/c1-11-18-9-14(17(19-11)20-13-4-2-3-5-13)12-6-7-15-16(8-12)22-10-21-15/h6-9,13H,2-5,10H2,1H3,(H,18,19,20). The van der Waals surface area contributed by atoms with Crippen LogP contribution in [0.3, 0.4) is 0 Å². The van der Waals surface area contributed by atoms with Crippen molar-refractivity contribution in [1.29, 1.82) is 0 Å². The molecule has 1 aromatic heterocycles. The fraction of sp³-hybridized carbons (Fsp3) is 0.412. The fourth-order valence-corrected chi connectivity index (χ4v) is 3.12. The van der Waals surface area contributed by atoms with Crippen molar-refractivity contribution in [3.05, 3.63) is 30.2 Å². The van der Waals surface area contributed by atoms with Gasteiger partial charge < -0.3 is 14.8 Å². The Hall–Kier alpha value is -2.30. The molecule has 0 unspecified atom stereocenters. The van der Waals surface area contributed by atoms with Gasteiger partial charge in [0.15, 0.2) is 11.5 Å². The summed E-state index contributed by atoms with van der Waals surface area (Å²) >= 11 is 0. The molecule has 0 saturated heterocycles. The van der Waals surface area contributed by atoms with Crippen LogP contribution in [0, 0.1) is 6.92 Å². The van der Waals surface area contributed by atoms with Crippen molar-refractivity contribution in [2.75, 3.05) is 12.1 Å². The van der Waals surface area contributed by atoms with Gasteiger partial charge in [0.05, 0.1) is 0 Å². The number of anilines is 1. The van der Waals surface area contributed by atoms with Crippen LogP contribution in [0.4, 0.5) is 5.82 Å². The summed E-state index contributed by atoms with van der Waals surface area (Å²) in [5.41, 5.74) is 2.06. The molecule has 22 heavy (non-hydrogen) atoms. The summed E-state index contributed by atoms with van der Waals surface area (Å²) in [4.78, 5) is 8.97. The second kappa shape index (κ2) is 5.48. The molecule has 1 fully saturated rings. The highest BCUT2D eigenvalue weighted by atomic mass is 16.7. The average molecular weight is 297 g/mol. The van der Waals surface area contributed by atoms with E-state index in [2.05, 4.69) is 15.3 Å². The topological polar surface area (TPSA) is 56.3 Å². The summed E-state index contributed by atoms with van der Waals surface area (Å²) in [6, 6.07) is 6.48. The van der Waals surface area contributed by atoms with Crippen molar-refractivity contribution < 1.29 is 9.47 Å². The minimum Gasteiger partial charge on any atom is -0.454 e. The SMILES string of the molecule is Cc1ncc(-c2ccc3c(c2)OCO3)c(NC2CCCC2)n1. The quantitative estimate of drug-likeness (QED) is 0.939. The number of fused-ring (bicyclic) bond motifs is 1. The Morgan fingerprint density at radius 1 is 1.14 bits per heavy atom. The zero-order chi connectivity index (χ0) is 14.9. The maximum absolute atomic E-state index is 5.47. The van der Waals surface area contributed by atoms with Crippen LogP contribution >= 0.6 is 0 Å². The number of hydrogen-bond donors (Lipinski definition) is 1. The fourth-order valence-electron chi connectivity index (χ4n) is 3.12. The molecule has 0 amide bonds. The smallest absolute Gasteiger partial charge is 0.231 e. The van der Waals surface area contributed by atoms with E-state index < -0.39 is 0 Å². The van der Waals surface area contributed by atoms with Crippen LogP contribution in [0.25, 0.3) is 11.1 Å². The van der Waals surface area contributed by atoms with Gasteiger partial charge in [-0.15, -0.1) is 0 Å². The van der Waals surface area contributed by atoms with Gasteiger partial charge in [-0.3, -0.25) is 0 Å². The molecule has 2 aliphatic rings. The van der Waals surface area contributed by atoms with Gasteiger partial charge in [-0.2, -0.15) is 0 Å². The molecular weight excluding hydrogens is 278 g/mol. The molecule has 1 N–H and O–H groups in total. The van der Waals surface area contributed by atoms with E-state index in [4.69, 9.17) is 9.47 Å². The Balaban J connectivity index is 1.70. The van der Waals surface area contributed by atoms with E-state index in [-0.39, 0.29) is 6.79 Å². The van der Waals surface area contributed by atoms with E-state index in [0.29, 0.717) is 6.04 Å². The maximum Gasteiger partial charge on any atom is 0.231 e.